The summed E-state index contributed by atoms with van der Waals surface area (Å²) < 4.78 is 0. The Labute approximate surface area is 136 Å². The molecule has 0 heterocycles. The first-order valence-electron chi connectivity index (χ1n) is 7.29. The van der Waals surface area contributed by atoms with E-state index < -0.39 is 0 Å². The van der Waals surface area contributed by atoms with Gasteiger partial charge in [-0.05, 0) is 13.0 Å². The molecule has 5 heteroatoms. The number of benzene rings is 2. The first-order chi connectivity index (χ1) is 11.1. The van der Waals surface area contributed by atoms with Crippen molar-refractivity contribution < 1.29 is 0 Å². The number of amidine groups is 1. The van der Waals surface area contributed by atoms with E-state index in [9.17, 15) is 0 Å². The van der Waals surface area contributed by atoms with E-state index >= 15 is 0 Å². The lowest BCUT2D eigenvalue weighted by atomic mass is 10.00. The second-order valence-corrected chi connectivity index (χ2v) is 4.95. The van der Waals surface area contributed by atoms with Gasteiger partial charge in [-0.2, -0.15) is 0 Å². The minimum absolute atomic E-state index is 0.335. The molecule has 0 fully saturated rings. The Kier molecular flexibility index (Phi) is 5.25. The van der Waals surface area contributed by atoms with Crippen LogP contribution >= 0.6 is 0 Å². The van der Waals surface area contributed by atoms with Gasteiger partial charge in [0.05, 0.1) is 11.4 Å². The van der Waals surface area contributed by atoms with Crippen molar-refractivity contribution >= 4 is 23.2 Å². The standard InChI is InChI=1S/C18H21N5/c1-13(21-2)23(18(20)22-3)16-12-8-7-11-15(16)17(19)14-9-5-4-6-10-14/h4-12,19H,1-3H3,(H2,20,22). The lowest BCUT2D eigenvalue weighted by Crippen LogP contribution is -2.41. The number of nitrogens with zero attached hydrogens (tertiary/aromatic N) is 3. The summed E-state index contributed by atoms with van der Waals surface area (Å²) in [5.74, 6) is 1.04. The number of rotatable bonds is 3. The molecular weight excluding hydrogens is 286 g/mol. The zero-order chi connectivity index (χ0) is 16.8. The molecule has 23 heavy (non-hydrogen) atoms. The van der Waals surface area contributed by atoms with Crippen LogP contribution in [0.3, 0.4) is 0 Å². The first kappa shape index (κ1) is 16.4. The van der Waals surface area contributed by atoms with Gasteiger partial charge in [0.1, 0.15) is 5.84 Å². The second-order valence-electron chi connectivity index (χ2n) is 4.95. The van der Waals surface area contributed by atoms with Crippen molar-refractivity contribution in [1.82, 2.24) is 0 Å². The van der Waals surface area contributed by atoms with Gasteiger partial charge in [-0.1, -0.05) is 48.5 Å². The smallest absolute Gasteiger partial charge is 0.201 e. The number of hydrogen-bond donors (Lipinski definition) is 2. The zero-order valence-corrected chi connectivity index (χ0v) is 13.6. The molecule has 2 aromatic carbocycles. The Bertz CT molecular complexity index is 729. The second kappa shape index (κ2) is 7.35. The topological polar surface area (TPSA) is 77.8 Å². The number of anilines is 1. The number of para-hydroxylation sites is 1. The number of nitrogens with one attached hydrogen (secondary N) is 1. The van der Waals surface area contributed by atoms with Crippen molar-refractivity contribution in [1.29, 1.82) is 5.41 Å². The minimum Gasteiger partial charge on any atom is -0.369 e. The van der Waals surface area contributed by atoms with Crippen molar-refractivity contribution in [2.75, 3.05) is 19.0 Å². The largest absolute Gasteiger partial charge is 0.369 e. The molecule has 0 radical (unpaired) electrons. The zero-order valence-electron chi connectivity index (χ0n) is 13.6. The molecule has 0 bridgehead atoms. The van der Waals surface area contributed by atoms with Gasteiger partial charge in [-0.15, -0.1) is 0 Å². The Morgan fingerprint density at radius 3 is 2.17 bits per heavy atom. The molecule has 3 N–H and O–H groups in total. The summed E-state index contributed by atoms with van der Waals surface area (Å²) >= 11 is 0. The predicted molar refractivity (Wildman–Crippen MR) is 97.9 cm³/mol. The van der Waals surface area contributed by atoms with E-state index in [1.807, 2.05) is 61.5 Å². The van der Waals surface area contributed by atoms with Gasteiger partial charge in [0, 0.05) is 25.2 Å². The third-order valence-corrected chi connectivity index (χ3v) is 3.58. The Morgan fingerprint density at radius 1 is 0.957 bits per heavy atom. The summed E-state index contributed by atoms with van der Waals surface area (Å²) in [6.45, 7) is 1.86. The van der Waals surface area contributed by atoms with E-state index in [4.69, 9.17) is 11.1 Å². The van der Waals surface area contributed by atoms with Crippen molar-refractivity contribution in [3.8, 4) is 0 Å². The predicted octanol–water partition coefficient (Wildman–Crippen LogP) is 2.90. The van der Waals surface area contributed by atoms with Crippen LogP contribution in [0.25, 0.3) is 0 Å². The molecule has 5 nitrogen and oxygen atoms in total. The number of hydrogen-bond acceptors (Lipinski definition) is 3. The summed E-state index contributed by atoms with van der Waals surface area (Å²) in [5.41, 5.74) is 8.89. The summed E-state index contributed by atoms with van der Waals surface area (Å²) in [4.78, 5) is 10.1. The maximum absolute atomic E-state index is 8.55. The molecule has 2 aromatic rings. The quantitative estimate of drug-likeness (QED) is 0.675. The molecule has 0 aliphatic carbocycles. The van der Waals surface area contributed by atoms with Crippen LogP contribution in [0.5, 0.6) is 0 Å². The molecule has 0 saturated heterocycles. The maximum atomic E-state index is 8.55. The molecular formula is C18H21N5. The van der Waals surface area contributed by atoms with Crippen LogP contribution in [0.2, 0.25) is 0 Å². The van der Waals surface area contributed by atoms with E-state index in [-0.39, 0.29) is 0 Å². The Hall–Kier alpha value is -2.95. The fourth-order valence-corrected chi connectivity index (χ4v) is 2.30. The van der Waals surface area contributed by atoms with E-state index in [2.05, 4.69) is 9.98 Å². The molecule has 0 saturated carbocycles. The van der Waals surface area contributed by atoms with Crippen LogP contribution < -0.4 is 10.6 Å². The van der Waals surface area contributed by atoms with Gasteiger partial charge in [-0.3, -0.25) is 20.3 Å². The molecule has 0 aliphatic rings. The summed E-state index contributed by atoms with van der Waals surface area (Å²) in [6.07, 6.45) is 0. The maximum Gasteiger partial charge on any atom is 0.201 e. The molecule has 0 aromatic heterocycles. The first-order valence-corrected chi connectivity index (χ1v) is 7.29. The van der Waals surface area contributed by atoms with Gasteiger partial charge < -0.3 is 5.73 Å². The molecule has 0 spiro atoms. The molecule has 0 atom stereocenters. The SMILES string of the molecule is CN=C(C)N(C(N)=NC)c1ccccc1C(=N)c1ccccc1. The van der Waals surface area contributed by atoms with Crippen LogP contribution in [0.15, 0.2) is 64.6 Å². The van der Waals surface area contributed by atoms with Crippen LogP contribution in [-0.4, -0.2) is 31.6 Å². The van der Waals surface area contributed by atoms with Gasteiger partial charge in [0.25, 0.3) is 0 Å². The van der Waals surface area contributed by atoms with E-state index in [1.54, 1.807) is 19.0 Å². The Morgan fingerprint density at radius 2 is 1.57 bits per heavy atom. The monoisotopic (exact) mass is 307 g/mol. The van der Waals surface area contributed by atoms with Crippen molar-refractivity contribution in [3.63, 3.8) is 0 Å². The van der Waals surface area contributed by atoms with Gasteiger partial charge >= 0.3 is 0 Å². The highest BCUT2D eigenvalue weighted by Gasteiger charge is 2.19. The molecule has 0 amide bonds. The number of guanidine groups is 1. The fraction of sp³-hybridized carbons (Fsp3) is 0.167. The van der Waals surface area contributed by atoms with Gasteiger partial charge in [0.15, 0.2) is 0 Å². The lowest BCUT2D eigenvalue weighted by Gasteiger charge is -2.25. The average Bonchev–Trinajstić information content (AvgIpc) is 2.62. The highest BCUT2D eigenvalue weighted by Crippen LogP contribution is 2.24. The minimum atomic E-state index is 0.335. The fourth-order valence-electron chi connectivity index (χ4n) is 2.30. The molecule has 118 valence electrons. The van der Waals surface area contributed by atoms with Crippen molar-refractivity contribution in [2.24, 2.45) is 15.7 Å². The highest BCUT2D eigenvalue weighted by molar-refractivity contribution is 6.22. The number of nitrogens with two attached hydrogens (primary N) is 1. The van der Waals surface area contributed by atoms with Crippen LogP contribution in [-0.2, 0) is 0 Å². The highest BCUT2D eigenvalue weighted by atomic mass is 15.3. The van der Waals surface area contributed by atoms with Crippen LogP contribution in [0.4, 0.5) is 5.69 Å². The summed E-state index contributed by atoms with van der Waals surface area (Å²) in [7, 11) is 3.34. The summed E-state index contributed by atoms with van der Waals surface area (Å²) in [5, 5.41) is 8.55. The van der Waals surface area contributed by atoms with E-state index in [0.717, 1.165) is 16.8 Å². The van der Waals surface area contributed by atoms with Gasteiger partial charge in [-0.25, -0.2) is 0 Å². The van der Waals surface area contributed by atoms with Crippen LogP contribution in [0, 0.1) is 5.41 Å². The summed E-state index contributed by atoms with van der Waals surface area (Å²) in [6, 6.07) is 17.3. The van der Waals surface area contributed by atoms with Crippen molar-refractivity contribution in [3.05, 3.63) is 65.7 Å². The lowest BCUT2D eigenvalue weighted by molar-refractivity contribution is 1.25. The van der Waals surface area contributed by atoms with Crippen molar-refractivity contribution in [2.45, 2.75) is 6.92 Å². The number of aliphatic imine (C=N–C) groups is 2. The molecule has 0 aliphatic heterocycles. The average molecular weight is 307 g/mol. The Balaban J connectivity index is 2.58. The van der Waals surface area contributed by atoms with E-state index in [0.29, 0.717) is 17.5 Å². The third kappa shape index (κ3) is 3.45. The van der Waals surface area contributed by atoms with Gasteiger partial charge in [0.2, 0.25) is 5.96 Å². The van der Waals surface area contributed by atoms with E-state index in [1.165, 1.54) is 0 Å². The molecule has 0 unspecified atom stereocenters. The third-order valence-electron chi connectivity index (χ3n) is 3.58. The van der Waals surface area contributed by atoms with Crippen LogP contribution in [0.1, 0.15) is 18.1 Å². The normalized spacial score (nSPS) is 12.1. The molecule has 2 rings (SSSR count).